The van der Waals surface area contributed by atoms with Gasteiger partial charge in [-0.1, -0.05) is 60.7 Å². The maximum atomic E-state index is 5.81. The van der Waals surface area contributed by atoms with E-state index >= 15 is 0 Å². The summed E-state index contributed by atoms with van der Waals surface area (Å²) in [5.74, 6) is 1.58. The fourth-order valence-electron chi connectivity index (χ4n) is 3.18. The van der Waals surface area contributed by atoms with Crippen LogP contribution in [0.3, 0.4) is 0 Å². The zero-order valence-corrected chi connectivity index (χ0v) is 14.3. The molecule has 4 aromatic carbocycles. The molecule has 1 radical (unpaired) electrons. The highest BCUT2D eigenvalue weighted by molar-refractivity contribution is 6.22. The van der Waals surface area contributed by atoms with Crippen LogP contribution in [0.15, 0.2) is 72.8 Å². The maximum absolute atomic E-state index is 5.81. The Balaban J connectivity index is 1.58. The van der Waals surface area contributed by atoms with Crippen LogP contribution in [0, 0.1) is 13.8 Å². The average molecular weight is 325 g/mol. The number of aryl methyl sites for hydroxylation is 2. The van der Waals surface area contributed by atoms with Crippen LogP contribution in [0.4, 0.5) is 0 Å². The molecule has 4 rings (SSSR count). The van der Waals surface area contributed by atoms with Gasteiger partial charge < -0.3 is 9.31 Å². The molecule has 4 aromatic rings. The first-order valence-corrected chi connectivity index (χ1v) is 8.36. The van der Waals surface area contributed by atoms with Crippen molar-refractivity contribution in [3.05, 3.63) is 83.9 Å². The van der Waals surface area contributed by atoms with Crippen LogP contribution in [-0.2, 0) is 0 Å². The highest BCUT2D eigenvalue weighted by atomic mass is 16.6. The van der Waals surface area contributed by atoms with Gasteiger partial charge in [-0.25, -0.2) is 0 Å². The minimum absolute atomic E-state index is 0.789. The highest BCUT2D eigenvalue weighted by Crippen LogP contribution is 2.30. The fourth-order valence-corrected chi connectivity index (χ4v) is 3.18. The van der Waals surface area contributed by atoms with Crippen molar-refractivity contribution in [2.75, 3.05) is 0 Å². The molecule has 0 bridgehead atoms. The van der Waals surface area contributed by atoms with E-state index in [-0.39, 0.29) is 0 Å². The molecule has 0 aliphatic carbocycles. The molecule has 0 spiro atoms. The number of hydrogen-bond acceptors (Lipinski definition) is 2. The predicted octanol–water partition coefficient (Wildman–Crippen LogP) is 5.60. The number of rotatable bonds is 4. The Hall–Kier alpha value is -2.94. The molecule has 121 valence electrons. The maximum Gasteiger partial charge on any atom is 0.658 e. The summed E-state index contributed by atoms with van der Waals surface area (Å²) in [5.41, 5.74) is 2.46. The van der Waals surface area contributed by atoms with Crippen molar-refractivity contribution in [2.24, 2.45) is 0 Å². The van der Waals surface area contributed by atoms with E-state index in [1.807, 2.05) is 36.4 Å². The van der Waals surface area contributed by atoms with Gasteiger partial charge in [0.1, 0.15) is 11.5 Å². The van der Waals surface area contributed by atoms with Gasteiger partial charge in [0.15, 0.2) is 0 Å². The van der Waals surface area contributed by atoms with Gasteiger partial charge in [0.25, 0.3) is 0 Å². The Labute approximate surface area is 148 Å². The number of benzene rings is 4. The molecule has 2 nitrogen and oxygen atoms in total. The van der Waals surface area contributed by atoms with Crippen LogP contribution in [0.1, 0.15) is 11.1 Å². The smallest absolute Gasteiger partial charge is 0.526 e. The molecule has 0 amide bonds. The Kier molecular flexibility index (Phi) is 4.06. The van der Waals surface area contributed by atoms with E-state index in [1.54, 1.807) is 0 Å². The zero-order chi connectivity index (χ0) is 17.2. The third-order valence-electron chi connectivity index (χ3n) is 4.55. The first-order valence-electron chi connectivity index (χ1n) is 8.36. The van der Waals surface area contributed by atoms with Crippen LogP contribution in [0.25, 0.3) is 21.5 Å². The van der Waals surface area contributed by atoms with Crippen LogP contribution in [0.5, 0.6) is 11.5 Å². The molecule has 0 aliphatic rings. The summed E-state index contributed by atoms with van der Waals surface area (Å²) in [4.78, 5) is 0. The molecule has 3 heteroatoms. The summed E-state index contributed by atoms with van der Waals surface area (Å²) in [7, 11) is 1.41. The molecule has 0 saturated carbocycles. The van der Waals surface area contributed by atoms with E-state index in [0.717, 1.165) is 22.3 Å². The monoisotopic (exact) mass is 325 g/mol. The highest BCUT2D eigenvalue weighted by Gasteiger charge is 2.09. The standard InChI is InChI=1S/C22H18BO2/c1-15-11-13-21(19-9-5-3-7-17(15)19)24-23-25-22-14-12-16(2)18-8-4-6-10-20(18)22/h3-14H,1-2H3. The van der Waals surface area contributed by atoms with Crippen molar-refractivity contribution >= 4 is 29.2 Å². The van der Waals surface area contributed by atoms with Crippen molar-refractivity contribution in [3.8, 4) is 11.5 Å². The quantitative estimate of drug-likeness (QED) is 0.455. The second kappa shape index (κ2) is 6.52. The Bertz CT molecular complexity index is 971. The Morgan fingerprint density at radius 2 is 0.920 bits per heavy atom. The van der Waals surface area contributed by atoms with E-state index in [2.05, 4.69) is 50.2 Å². The molecule has 0 saturated heterocycles. The molecule has 25 heavy (non-hydrogen) atoms. The average Bonchev–Trinajstić information content (AvgIpc) is 2.66. The lowest BCUT2D eigenvalue weighted by Crippen LogP contribution is -2.11. The third kappa shape index (κ3) is 2.94. The molecule has 0 aliphatic heterocycles. The predicted molar refractivity (Wildman–Crippen MR) is 104 cm³/mol. The van der Waals surface area contributed by atoms with Crippen LogP contribution < -0.4 is 9.31 Å². The van der Waals surface area contributed by atoms with Gasteiger partial charge in [0.05, 0.1) is 0 Å². The first-order chi connectivity index (χ1) is 12.2. The topological polar surface area (TPSA) is 18.5 Å². The third-order valence-corrected chi connectivity index (χ3v) is 4.55. The molecule has 0 N–H and O–H groups in total. The van der Waals surface area contributed by atoms with Gasteiger partial charge in [-0.2, -0.15) is 0 Å². The summed E-state index contributed by atoms with van der Waals surface area (Å²) >= 11 is 0. The molecule has 0 aromatic heterocycles. The van der Waals surface area contributed by atoms with Crippen molar-refractivity contribution in [3.63, 3.8) is 0 Å². The van der Waals surface area contributed by atoms with Gasteiger partial charge in [-0.3, -0.25) is 0 Å². The van der Waals surface area contributed by atoms with Gasteiger partial charge in [-0.05, 0) is 47.9 Å². The van der Waals surface area contributed by atoms with Gasteiger partial charge in [-0.15, -0.1) is 0 Å². The largest absolute Gasteiger partial charge is 0.658 e. The van der Waals surface area contributed by atoms with Crippen molar-refractivity contribution in [1.82, 2.24) is 0 Å². The van der Waals surface area contributed by atoms with E-state index in [9.17, 15) is 0 Å². The minimum Gasteiger partial charge on any atom is -0.526 e. The number of fused-ring (bicyclic) bond motifs is 2. The molecule has 0 unspecified atom stereocenters. The van der Waals surface area contributed by atoms with Crippen LogP contribution in [0.2, 0.25) is 0 Å². The summed E-state index contributed by atoms with van der Waals surface area (Å²) in [6.45, 7) is 4.20. The van der Waals surface area contributed by atoms with E-state index in [0.29, 0.717) is 0 Å². The lowest BCUT2D eigenvalue weighted by molar-refractivity contribution is 0.465. The van der Waals surface area contributed by atoms with Crippen molar-refractivity contribution in [1.29, 1.82) is 0 Å². The normalized spacial score (nSPS) is 10.8. The minimum atomic E-state index is 0.789. The van der Waals surface area contributed by atoms with Crippen molar-refractivity contribution in [2.45, 2.75) is 13.8 Å². The second-order valence-corrected chi connectivity index (χ2v) is 6.18. The lowest BCUT2D eigenvalue weighted by Gasteiger charge is -2.12. The van der Waals surface area contributed by atoms with E-state index in [4.69, 9.17) is 9.31 Å². The number of hydrogen-bond donors (Lipinski definition) is 0. The SMILES string of the molecule is Cc1ccc(O[B]Oc2ccc(C)c3ccccc23)c2ccccc12. The molecule has 0 fully saturated rings. The van der Waals surface area contributed by atoms with E-state index in [1.165, 1.54) is 29.6 Å². The Morgan fingerprint density at radius 3 is 1.36 bits per heavy atom. The molecular weight excluding hydrogens is 307 g/mol. The van der Waals surface area contributed by atoms with Gasteiger partial charge in [0, 0.05) is 10.8 Å². The first kappa shape index (κ1) is 15.6. The summed E-state index contributed by atoms with van der Waals surface area (Å²) in [6.07, 6.45) is 0. The van der Waals surface area contributed by atoms with Gasteiger partial charge in [0.2, 0.25) is 0 Å². The van der Waals surface area contributed by atoms with E-state index < -0.39 is 0 Å². The van der Waals surface area contributed by atoms with Crippen molar-refractivity contribution < 1.29 is 9.31 Å². The summed E-state index contributed by atoms with van der Waals surface area (Å²) in [5, 5.41) is 4.54. The van der Waals surface area contributed by atoms with Crippen LogP contribution in [-0.4, -0.2) is 7.69 Å². The Morgan fingerprint density at radius 1 is 0.520 bits per heavy atom. The lowest BCUT2D eigenvalue weighted by atomic mass is 10.0. The second-order valence-electron chi connectivity index (χ2n) is 6.18. The zero-order valence-electron chi connectivity index (χ0n) is 14.3. The van der Waals surface area contributed by atoms with Crippen LogP contribution >= 0.6 is 0 Å². The summed E-state index contributed by atoms with van der Waals surface area (Å²) in [6, 6.07) is 24.5. The summed E-state index contributed by atoms with van der Waals surface area (Å²) < 4.78 is 11.6. The van der Waals surface area contributed by atoms with Gasteiger partial charge >= 0.3 is 7.69 Å². The molecule has 0 heterocycles. The molecule has 0 atom stereocenters. The molecular formula is C22H18BO2. The fraction of sp³-hybridized carbons (Fsp3) is 0.0909.